The van der Waals surface area contributed by atoms with E-state index in [-0.39, 0.29) is 40.9 Å². The standard InChI is InChI=1S/C21H17FN2O3/c1-11(25)17-15-8-13(7-12-3-5-14(22)6-4-12)9-23-19(15)20(26)18-16(17)10-24(2)21(18)27/h3-6,8-9,26H,7,10H2,1-2H3. The summed E-state index contributed by atoms with van der Waals surface area (Å²) in [5.74, 6) is -0.986. The third kappa shape index (κ3) is 2.73. The molecule has 3 aromatic rings. The largest absolute Gasteiger partial charge is 0.505 e. The van der Waals surface area contributed by atoms with Crippen molar-refractivity contribution in [3.63, 3.8) is 0 Å². The zero-order valence-corrected chi connectivity index (χ0v) is 14.9. The molecule has 0 saturated heterocycles. The number of fused-ring (bicyclic) bond motifs is 2. The van der Waals surface area contributed by atoms with E-state index in [0.717, 1.165) is 11.1 Å². The second-order valence-corrected chi connectivity index (χ2v) is 6.84. The maximum Gasteiger partial charge on any atom is 0.258 e. The maximum atomic E-state index is 13.1. The summed E-state index contributed by atoms with van der Waals surface area (Å²) in [5.41, 5.74) is 3.10. The third-order valence-electron chi connectivity index (χ3n) is 4.91. The van der Waals surface area contributed by atoms with Crippen LogP contribution in [0.4, 0.5) is 4.39 Å². The predicted octanol–water partition coefficient (Wildman–Crippen LogP) is 3.46. The number of rotatable bonds is 3. The molecule has 0 unspecified atom stereocenters. The van der Waals surface area contributed by atoms with Crippen molar-refractivity contribution < 1.29 is 19.1 Å². The summed E-state index contributed by atoms with van der Waals surface area (Å²) in [6.45, 7) is 1.72. The summed E-state index contributed by atoms with van der Waals surface area (Å²) in [7, 11) is 1.63. The molecule has 0 saturated carbocycles. The molecule has 1 amide bonds. The Bertz CT molecular complexity index is 1110. The van der Waals surface area contributed by atoms with Crippen molar-refractivity contribution in [1.29, 1.82) is 0 Å². The predicted molar refractivity (Wildman–Crippen MR) is 98.4 cm³/mol. The molecule has 2 aromatic carbocycles. The van der Waals surface area contributed by atoms with Crippen LogP contribution in [0.1, 0.15) is 44.3 Å². The van der Waals surface area contributed by atoms with Crippen molar-refractivity contribution in [2.75, 3.05) is 7.05 Å². The number of pyridine rings is 1. The van der Waals surface area contributed by atoms with Crippen molar-refractivity contribution in [2.24, 2.45) is 0 Å². The number of carbonyl (C=O) groups excluding carboxylic acids is 2. The number of carbonyl (C=O) groups is 2. The highest BCUT2D eigenvalue weighted by molar-refractivity contribution is 6.15. The SMILES string of the molecule is CC(=O)c1c2c(c(O)c3ncc(Cc4ccc(F)cc4)cc13)C(=O)N(C)C2. The number of aromatic hydroxyl groups is 1. The molecule has 27 heavy (non-hydrogen) atoms. The van der Waals surface area contributed by atoms with Crippen molar-refractivity contribution in [2.45, 2.75) is 19.9 Å². The van der Waals surface area contributed by atoms with Gasteiger partial charge in [-0.2, -0.15) is 0 Å². The average Bonchev–Trinajstić information content (AvgIpc) is 2.91. The first-order valence-electron chi connectivity index (χ1n) is 8.54. The van der Waals surface area contributed by atoms with Gasteiger partial charge in [0.2, 0.25) is 0 Å². The molecule has 5 nitrogen and oxygen atoms in total. The molecule has 0 bridgehead atoms. The van der Waals surface area contributed by atoms with Crippen LogP contribution in [0.15, 0.2) is 36.5 Å². The normalized spacial score (nSPS) is 13.3. The highest BCUT2D eigenvalue weighted by Crippen LogP contribution is 2.39. The Morgan fingerprint density at radius 3 is 2.63 bits per heavy atom. The molecular weight excluding hydrogens is 347 g/mol. The molecule has 4 rings (SSSR count). The van der Waals surface area contributed by atoms with Gasteiger partial charge in [-0.1, -0.05) is 12.1 Å². The number of hydrogen-bond acceptors (Lipinski definition) is 4. The van der Waals surface area contributed by atoms with Gasteiger partial charge in [-0.15, -0.1) is 0 Å². The minimum absolute atomic E-state index is 0.161. The fraction of sp³-hybridized carbons (Fsp3) is 0.190. The summed E-state index contributed by atoms with van der Waals surface area (Å²) in [4.78, 5) is 30.5. The lowest BCUT2D eigenvalue weighted by Crippen LogP contribution is -2.17. The smallest absolute Gasteiger partial charge is 0.258 e. The molecule has 1 N–H and O–H groups in total. The fourth-order valence-electron chi connectivity index (χ4n) is 3.66. The van der Waals surface area contributed by atoms with E-state index in [1.165, 1.54) is 24.0 Å². The molecular formula is C21H17FN2O3. The van der Waals surface area contributed by atoms with Crippen LogP contribution in [0.3, 0.4) is 0 Å². The average molecular weight is 364 g/mol. The van der Waals surface area contributed by atoms with Crippen LogP contribution >= 0.6 is 0 Å². The molecule has 0 fully saturated rings. The Morgan fingerprint density at radius 2 is 1.96 bits per heavy atom. The lowest BCUT2D eigenvalue weighted by molar-refractivity contribution is 0.0813. The fourth-order valence-corrected chi connectivity index (χ4v) is 3.66. The Labute approximate surface area is 155 Å². The summed E-state index contributed by atoms with van der Waals surface area (Å²) in [5, 5.41) is 11.1. The zero-order chi connectivity index (χ0) is 19.3. The zero-order valence-electron chi connectivity index (χ0n) is 14.9. The Hall–Kier alpha value is -3.28. The van der Waals surface area contributed by atoms with Gasteiger partial charge >= 0.3 is 0 Å². The summed E-state index contributed by atoms with van der Waals surface area (Å²) in [6, 6.07) is 7.99. The second kappa shape index (κ2) is 6.16. The number of aromatic nitrogens is 1. The number of phenolic OH excluding ortho intramolecular Hbond substituents is 1. The van der Waals surface area contributed by atoms with Gasteiger partial charge in [0.15, 0.2) is 11.5 Å². The second-order valence-electron chi connectivity index (χ2n) is 6.84. The van der Waals surface area contributed by atoms with Gasteiger partial charge in [0.1, 0.15) is 11.3 Å². The van der Waals surface area contributed by atoms with Gasteiger partial charge in [0.25, 0.3) is 5.91 Å². The Kier molecular flexibility index (Phi) is 3.91. The monoisotopic (exact) mass is 364 g/mol. The topological polar surface area (TPSA) is 70.5 Å². The molecule has 0 atom stereocenters. The van der Waals surface area contributed by atoms with Gasteiger partial charge in [-0.25, -0.2) is 4.39 Å². The van der Waals surface area contributed by atoms with Crippen LogP contribution in [0.2, 0.25) is 0 Å². The number of halogens is 1. The molecule has 1 aliphatic heterocycles. The summed E-state index contributed by atoms with van der Waals surface area (Å²) < 4.78 is 13.1. The van der Waals surface area contributed by atoms with E-state index < -0.39 is 0 Å². The van der Waals surface area contributed by atoms with E-state index in [0.29, 0.717) is 22.9 Å². The molecule has 0 spiro atoms. The van der Waals surface area contributed by atoms with Gasteiger partial charge in [0.05, 0.1) is 5.56 Å². The Balaban J connectivity index is 1.91. The van der Waals surface area contributed by atoms with E-state index in [1.54, 1.807) is 25.4 Å². The van der Waals surface area contributed by atoms with Crippen LogP contribution in [-0.2, 0) is 13.0 Å². The minimum Gasteiger partial charge on any atom is -0.505 e. The first-order valence-corrected chi connectivity index (χ1v) is 8.54. The minimum atomic E-state index is -0.316. The number of amides is 1. The quantitative estimate of drug-likeness (QED) is 0.723. The molecule has 1 aromatic heterocycles. The number of benzene rings is 2. The first kappa shape index (κ1) is 17.1. The lowest BCUT2D eigenvalue weighted by atomic mass is 9.93. The molecule has 1 aliphatic rings. The highest BCUT2D eigenvalue weighted by Gasteiger charge is 2.34. The first-order chi connectivity index (χ1) is 12.9. The van der Waals surface area contributed by atoms with Gasteiger partial charge in [-0.05, 0) is 48.2 Å². The molecule has 136 valence electrons. The highest BCUT2D eigenvalue weighted by atomic mass is 19.1. The molecule has 0 aliphatic carbocycles. The molecule has 2 heterocycles. The number of nitrogens with zero attached hydrogens (tertiary/aromatic N) is 2. The number of hydrogen-bond donors (Lipinski definition) is 1. The number of Topliss-reactive ketones (excluding diaryl/α,β-unsaturated/α-hetero) is 1. The maximum absolute atomic E-state index is 13.1. The number of ketones is 1. The van der Waals surface area contributed by atoms with Crippen molar-refractivity contribution in [1.82, 2.24) is 9.88 Å². The molecule has 0 radical (unpaired) electrons. The van der Waals surface area contributed by atoms with E-state index in [1.807, 2.05) is 6.07 Å². The van der Waals surface area contributed by atoms with Crippen molar-refractivity contribution in [3.8, 4) is 5.75 Å². The van der Waals surface area contributed by atoms with E-state index in [2.05, 4.69) is 4.98 Å². The van der Waals surface area contributed by atoms with E-state index >= 15 is 0 Å². The van der Waals surface area contributed by atoms with Crippen molar-refractivity contribution in [3.05, 3.63) is 70.2 Å². The Morgan fingerprint density at radius 1 is 1.26 bits per heavy atom. The third-order valence-corrected chi connectivity index (χ3v) is 4.91. The van der Waals surface area contributed by atoms with Crippen LogP contribution in [0, 0.1) is 5.82 Å². The van der Waals surface area contributed by atoms with E-state index in [9.17, 15) is 19.1 Å². The van der Waals surface area contributed by atoms with Crippen LogP contribution < -0.4 is 0 Å². The van der Waals surface area contributed by atoms with Crippen LogP contribution in [0.25, 0.3) is 10.9 Å². The van der Waals surface area contributed by atoms with Crippen molar-refractivity contribution >= 4 is 22.6 Å². The van der Waals surface area contributed by atoms with E-state index in [4.69, 9.17) is 0 Å². The lowest BCUT2D eigenvalue weighted by Gasteiger charge is -2.12. The summed E-state index contributed by atoms with van der Waals surface area (Å²) >= 11 is 0. The van der Waals surface area contributed by atoms with Crippen LogP contribution in [-0.4, -0.2) is 33.7 Å². The van der Waals surface area contributed by atoms with Gasteiger partial charge in [0, 0.05) is 30.7 Å². The van der Waals surface area contributed by atoms with Crippen LogP contribution in [0.5, 0.6) is 5.75 Å². The number of phenols is 1. The molecule has 6 heteroatoms. The van der Waals surface area contributed by atoms with Gasteiger partial charge < -0.3 is 10.0 Å². The summed E-state index contributed by atoms with van der Waals surface area (Å²) in [6.07, 6.45) is 2.11. The van der Waals surface area contributed by atoms with Gasteiger partial charge in [-0.3, -0.25) is 14.6 Å².